The molecule has 0 heterocycles. The summed E-state index contributed by atoms with van der Waals surface area (Å²) in [5.74, 6) is 1.02. The topological polar surface area (TPSA) is 30.5 Å². The number of benzene rings is 1. The number of aryl methyl sites for hydroxylation is 2. The summed E-state index contributed by atoms with van der Waals surface area (Å²) >= 11 is 0. The molecule has 0 saturated heterocycles. The predicted molar refractivity (Wildman–Crippen MR) is 77.8 cm³/mol. The van der Waals surface area contributed by atoms with Crippen LogP contribution in [0.2, 0.25) is 0 Å². The number of rotatable bonds is 6. The van der Waals surface area contributed by atoms with Gasteiger partial charge in [-0.25, -0.2) is 0 Å². The van der Waals surface area contributed by atoms with Crippen LogP contribution in [0.3, 0.4) is 0 Å². The second kappa shape index (κ2) is 6.40. The Bertz CT molecular complexity index is 399. The third kappa shape index (κ3) is 3.10. The molecule has 2 rings (SSSR count). The number of likely N-dealkylation sites (N-methyl/N-ethyl adjacent to an activating group) is 1. The molecular formula is C16H25NO2. The average Bonchev–Trinajstić information content (AvgIpc) is 2.38. The Morgan fingerprint density at radius 1 is 1.21 bits per heavy atom. The minimum atomic E-state index is 0.170. The highest BCUT2D eigenvalue weighted by Crippen LogP contribution is 2.32. The highest BCUT2D eigenvalue weighted by Gasteiger charge is 2.43. The van der Waals surface area contributed by atoms with E-state index < -0.39 is 0 Å². The molecule has 1 N–H and O–H groups in total. The van der Waals surface area contributed by atoms with Gasteiger partial charge in [-0.3, -0.25) is 0 Å². The van der Waals surface area contributed by atoms with Gasteiger partial charge in [0, 0.05) is 19.1 Å². The van der Waals surface area contributed by atoms with E-state index in [1.54, 1.807) is 0 Å². The van der Waals surface area contributed by atoms with Gasteiger partial charge in [0.2, 0.25) is 0 Å². The summed E-state index contributed by atoms with van der Waals surface area (Å²) in [4.78, 5) is 0. The fourth-order valence-corrected chi connectivity index (χ4v) is 2.71. The van der Waals surface area contributed by atoms with Gasteiger partial charge in [0.1, 0.15) is 18.0 Å². The number of hydrogen-bond acceptors (Lipinski definition) is 3. The molecule has 0 radical (unpaired) electrons. The summed E-state index contributed by atoms with van der Waals surface area (Å²) in [5.41, 5.74) is 2.39. The molecule has 1 aliphatic carbocycles. The fourth-order valence-electron chi connectivity index (χ4n) is 2.71. The Morgan fingerprint density at radius 3 is 2.47 bits per heavy atom. The zero-order chi connectivity index (χ0) is 13.8. The molecule has 1 aliphatic rings. The highest BCUT2D eigenvalue weighted by molar-refractivity contribution is 5.40. The first-order valence-electron chi connectivity index (χ1n) is 7.25. The van der Waals surface area contributed by atoms with Crippen molar-refractivity contribution >= 4 is 0 Å². The molecule has 19 heavy (non-hydrogen) atoms. The molecule has 0 spiro atoms. The monoisotopic (exact) mass is 263 g/mol. The molecular weight excluding hydrogens is 238 g/mol. The fraction of sp³-hybridized carbons (Fsp3) is 0.625. The van der Waals surface area contributed by atoms with Crippen molar-refractivity contribution in [3.8, 4) is 5.75 Å². The van der Waals surface area contributed by atoms with Crippen molar-refractivity contribution in [2.45, 2.75) is 52.4 Å². The van der Waals surface area contributed by atoms with Gasteiger partial charge in [0.05, 0.1) is 0 Å². The second-order valence-electron chi connectivity index (χ2n) is 5.20. The Hall–Kier alpha value is -1.06. The van der Waals surface area contributed by atoms with Crippen molar-refractivity contribution in [3.05, 3.63) is 29.3 Å². The van der Waals surface area contributed by atoms with E-state index in [0.29, 0.717) is 6.04 Å². The molecule has 1 fully saturated rings. The third-order valence-corrected chi connectivity index (χ3v) is 3.75. The van der Waals surface area contributed by atoms with Crippen LogP contribution < -0.4 is 10.1 Å². The Labute approximate surface area is 116 Å². The Balaban J connectivity index is 2.03. The minimum Gasteiger partial charge on any atom is -0.487 e. The maximum atomic E-state index is 6.19. The summed E-state index contributed by atoms with van der Waals surface area (Å²) in [6, 6.07) is 6.69. The molecule has 1 saturated carbocycles. The van der Waals surface area contributed by atoms with Crippen LogP contribution in [0.1, 0.15) is 31.4 Å². The molecule has 3 nitrogen and oxygen atoms in total. The number of hydrogen-bond donors (Lipinski definition) is 1. The first kappa shape index (κ1) is 14.4. The molecule has 0 bridgehead atoms. The van der Waals surface area contributed by atoms with Crippen molar-refractivity contribution < 1.29 is 9.47 Å². The van der Waals surface area contributed by atoms with Gasteiger partial charge in [-0.05, 0) is 38.4 Å². The van der Waals surface area contributed by atoms with E-state index in [9.17, 15) is 0 Å². The molecule has 3 heteroatoms. The second-order valence-corrected chi connectivity index (χ2v) is 5.20. The van der Waals surface area contributed by atoms with Crippen molar-refractivity contribution in [1.29, 1.82) is 0 Å². The van der Waals surface area contributed by atoms with Gasteiger partial charge in [-0.2, -0.15) is 0 Å². The lowest BCUT2D eigenvalue weighted by Crippen LogP contribution is -2.61. The van der Waals surface area contributed by atoms with E-state index in [0.717, 1.165) is 25.3 Å². The molecule has 3 unspecified atom stereocenters. The molecule has 0 amide bonds. The predicted octanol–water partition coefficient (Wildman–Crippen LogP) is 2.84. The number of nitrogens with one attached hydrogen (secondary N) is 1. The van der Waals surface area contributed by atoms with Crippen LogP contribution in [0, 0.1) is 13.8 Å². The van der Waals surface area contributed by atoms with Gasteiger partial charge in [0.15, 0.2) is 0 Å². The van der Waals surface area contributed by atoms with Gasteiger partial charge in [0.25, 0.3) is 0 Å². The summed E-state index contributed by atoms with van der Waals surface area (Å²) in [6.45, 7) is 10.1. The first-order valence-corrected chi connectivity index (χ1v) is 7.25. The third-order valence-electron chi connectivity index (χ3n) is 3.75. The largest absolute Gasteiger partial charge is 0.487 e. The summed E-state index contributed by atoms with van der Waals surface area (Å²) in [5, 5.41) is 3.46. The molecule has 1 aromatic rings. The number of ether oxygens (including phenoxy) is 2. The summed E-state index contributed by atoms with van der Waals surface area (Å²) in [6.07, 6.45) is 1.36. The van der Waals surface area contributed by atoms with E-state index in [2.05, 4.69) is 44.3 Å². The van der Waals surface area contributed by atoms with Crippen LogP contribution in [0.25, 0.3) is 0 Å². The Kier molecular flexibility index (Phi) is 4.83. The van der Waals surface area contributed by atoms with E-state index >= 15 is 0 Å². The van der Waals surface area contributed by atoms with Crippen LogP contribution in [-0.2, 0) is 4.74 Å². The molecule has 3 atom stereocenters. The van der Waals surface area contributed by atoms with Crippen LogP contribution in [0.5, 0.6) is 5.75 Å². The van der Waals surface area contributed by atoms with Crippen molar-refractivity contribution in [2.75, 3.05) is 13.2 Å². The van der Waals surface area contributed by atoms with Crippen molar-refractivity contribution in [3.63, 3.8) is 0 Å². The maximum absolute atomic E-state index is 6.19. The normalized spacial score (nSPS) is 26.0. The van der Waals surface area contributed by atoms with Gasteiger partial charge >= 0.3 is 0 Å². The SMILES string of the molecule is CCNC1CC(Oc2c(C)cccc2C)C1OCC. The van der Waals surface area contributed by atoms with Crippen LogP contribution >= 0.6 is 0 Å². The first-order chi connectivity index (χ1) is 9.17. The lowest BCUT2D eigenvalue weighted by Gasteiger charge is -2.44. The minimum absolute atomic E-state index is 0.170. The standard InChI is InChI=1S/C16H25NO2/c1-5-17-13-10-14(16(13)18-6-2)19-15-11(3)8-7-9-12(15)4/h7-9,13-14,16-17H,5-6,10H2,1-4H3. The van der Waals surface area contributed by atoms with E-state index in [4.69, 9.17) is 9.47 Å². The van der Waals surface area contributed by atoms with Gasteiger partial charge in [-0.15, -0.1) is 0 Å². The molecule has 1 aromatic carbocycles. The summed E-state index contributed by atoms with van der Waals surface area (Å²) in [7, 11) is 0. The van der Waals surface area contributed by atoms with Gasteiger partial charge < -0.3 is 14.8 Å². The maximum Gasteiger partial charge on any atom is 0.128 e. The molecule has 0 aliphatic heterocycles. The number of para-hydroxylation sites is 1. The van der Waals surface area contributed by atoms with Crippen LogP contribution in [-0.4, -0.2) is 31.4 Å². The van der Waals surface area contributed by atoms with Crippen LogP contribution in [0.15, 0.2) is 18.2 Å². The van der Waals surface area contributed by atoms with Gasteiger partial charge in [-0.1, -0.05) is 25.1 Å². The zero-order valence-electron chi connectivity index (χ0n) is 12.4. The smallest absolute Gasteiger partial charge is 0.128 e. The van der Waals surface area contributed by atoms with Crippen LogP contribution in [0.4, 0.5) is 0 Å². The zero-order valence-corrected chi connectivity index (χ0v) is 12.4. The molecule has 0 aromatic heterocycles. The highest BCUT2D eigenvalue weighted by atomic mass is 16.5. The quantitative estimate of drug-likeness (QED) is 0.856. The van der Waals surface area contributed by atoms with E-state index in [-0.39, 0.29) is 12.2 Å². The van der Waals surface area contributed by atoms with Crippen molar-refractivity contribution in [2.24, 2.45) is 0 Å². The lowest BCUT2D eigenvalue weighted by molar-refractivity contribution is -0.104. The Morgan fingerprint density at radius 2 is 1.89 bits per heavy atom. The summed E-state index contributed by atoms with van der Waals surface area (Å²) < 4.78 is 12.0. The van der Waals surface area contributed by atoms with E-state index in [1.807, 2.05) is 6.92 Å². The average molecular weight is 263 g/mol. The van der Waals surface area contributed by atoms with E-state index in [1.165, 1.54) is 11.1 Å². The molecule has 106 valence electrons. The van der Waals surface area contributed by atoms with Crippen molar-refractivity contribution in [1.82, 2.24) is 5.32 Å². The lowest BCUT2D eigenvalue weighted by atomic mass is 9.85.